The van der Waals surface area contributed by atoms with E-state index in [1.807, 2.05) is 0 Å². The van der Waals surface area contributed by atoms with Gasteiger partial charge in [0.15, 0.2) is 0 Å². The van der Waals surface area contributed by atoms with Crippen molar-refractivity contribution >= 4 is 103 Å². The third-order valence-corrected chi connectivity index (χ3v) is 0. The molecular formula is H4K2O3Ti. The predicted octanol–water partition coefficient (Wildman–Crippen LogP) is -2.36. The van der Waals surface area contributed by atoms with Gasteiger partial charge in [0.1, 0.15) is 0 Å². The molecule has 6 heavy (non-hydrogen) atoms. The first-order valence-electron chi connectivity index (χ1n) is 0.408. The minimum absolute atomic E-state index is 0. The van der Waals surface area contributed by atoms with Crippen molar-refractivity contribution in [1.82, 2.24) is 0 Å². The van der Waals surface area contributed by atoms with Gasteiger partial charge in [0, 0.05) is 0 Å². The summed E-state index contributed by atoms with van der Waals surface area (Å²) in [4.78, 5) is 0. The molecule has 0 saturated carbocycles. The average Bonchev–Trinajstić information content (AvgIpc) is 0.918. The molecule has 3 nitrogen and oxygen atoms in total. The fraction of sp³-hybridized carbons (Fsp3) is 0. The zero-order valence-corrected chi connectivity index (χ0v) is 3.38. The van der Waals surface area contributed by atoms with Crippen molar-refractivity contribution in [3.63, 3.8) is 0 Å². The van der Waals surface area contributed by atoms with Crippen molar-refractivity contribution in [3.05, 3.63) is 0 Å². The summed E-state index contributed by atoms with van der Waals surface area (Å²) in [5.74, 6) is 0. The van der Waals surface area contributed by atoms with E-state index in [-0.39, 0.29) is 108 Å². The van der Waals surface area contributed by atoms with Gasteiger partial charge in [-0.15, -0.1) is 0 Å². The molecule has 0 spiro atoms. The maximum atomic E-state index is 8.50. The Hall–Kier alpha value is 3.55. The normalized spacial score (nSPS) is 1.33. The fourth-order valence-corrected chi connectivity index (χ4v) is 0. The molecule has 0 rings (SSSR count). The van der Waals surface area contributed by atoms with E-state index in [1.165, 1.54) is 0 Å². The quantitative estimate of drug-likeness (QED) is 0.389. The van der Waals surface area contributed by atoms with Gasteiger partial charge in [0.05, 0.1) is 0 Å². The van der Waals surface area contributed by atoms with E-state index < -0.39 is 19.1 Å². The molecule has 2 N–H and O–H groups in total. The molecular weight excluding hydrogens is 174 g/mol. The summed E-state index contributed by atoms with van der Waals surface area (Å²) >= 11 is -2.00. The van der Waals surface area contributed by atoms with Gasteiger partial charge in [0.25, 0.3) is 0 Å². The van der Waals surface area contributed by atoms with Gasteiger partial charge >= 0.3 is 129 Å². The Morgan fingerprint density at radius 1 is 1.00 bits per heavy atom. The van der Waals surface area contributed by atoms with Gasteiger partial charge < -0.3 is 5.48 Å². The van der Waals surface area contributed by atoms with Crippen molar-refractivity contribution in [1.29, 1.82) is 0 Å². The van der Waals surface area contributed by atoms with Crippen LogP contribution in [0, 0.1) is 0 Å². The Morgan fingerprint density at radius 2 is 1.00 bits per heavy atom. The maximum absolute atomic E-state index is 8.50. The number of rotatable bonds is 0. The zero-order chi connectivity index (χ0) is 2.71. The third kappa shape index (κ3) is 25.7. The van der Waals surface area contributed by atoms with Crippen LogP contribution in [-0.2, 0) is 25.7 Å². The van der Waals surface area contributed by atoms with E-state index in [0.717, 1.165) is 0 Å². The summed E-state index contributed by atoms with van der Waals surface area (Å²) in [5, 5.41) is 0. The molecule has 0 aromatic rings. The van der Waals surface area contributed by atoms with E-state index >= 15 is 0 Å². The molecule has 0 aliphatic carbocycles. The summed E-state index contributed by atoms with van der Waals surface area (Å²) < 4.78 is 17.0. The molecule has 0 fully saturated rings. The van der Waals surface area contributed by atoms with Gasteiger partial charge in [-0.1, -0.05) is 0 Å². The summed E-state index contributed by atoms with van der Waals surface area (Å²) in [6, 6.07) is 0. The predicted molar refractivity (Wildman–Crippen MR) is 19.3 cm³/mol. The van der Waals surface area contributed by atoms with Crippen molar-refractivity contribution in [3.8, 4) is 0 Å². The van der Waals surface area contributed by atoms with Crippen LogP contribution in [0.2, 0.25) is 0 Å². The van der Waals surface area contributed by atoms with Crippen molar-refractivity contribution in [2.24, 2.45) is 0 Å². The van der Waals surface area contributed by atoms with Crippen LogP contribution in [0.4, 0.5) is 0 Å². The number of hydrogen-bond donors (Lipinski definition) is 0. The summed E-state index contributed by atoms with van der Waals surface area (Å²) in [7, 11) is 0. The monoisotopic (exact) mass is 178 g/mol. The third-order valence-electron chi connectivity index (χ3n) is 0. The molecule has 0 aliphatic rings. The molecule has 0 aliphatic heterocycles. The van der Waals surface area contributed by atoms with E-state index in [1.54, 1.807) is 0 Å². The van der Waals surface area contributed by atoms with E-state index in [4.69, 9.17) is 6.65 Å². The Bertz CT molecular complexity index is 29.8. The zero-order valence-electron chi connectivity index (χ0n) is 1.82. The number of hydrogen-bond acceptors (Lipinski definition) is 2. The van der Waals surface area contributed by atoms with Crippen LogP contribution in [0.5, 0.6) is 0 Å². The van der Waals surface area contributed by atoms with E-state index in [9.17, 15) is 0 Å². The minimum atomic E-state index is -2.00. The standard InChI is InChI=1S/2K.H2O.2O.Ti.2H/h;;1H2;;;;;. The van der Waals surface area contributed by atoms with Crippen molar-refractivity contribution in [2.75, 3.05) is 0 Å². The van der Waals surface area contributed by atoms with Crippen LogP contribution >= 0.6 is 0 Å². The average molecular weight is 178 g/mol. The van der Waals surface area contributed by atoms with Gasteiger partial charge in [0.2, 0.25) is 0 Å². The molecule has 0 aromatic heterocycles. The van der Waals surface area contributed by atoms with Gasteiger partial charge in [-0.25, -0.2) is 0 Å². The topological polar surface area (TPSA) is 65.6 Å². The Kier molecular flexibility index (Phi) is 88.9. The molecule has 0 heterocycles. The van der Waals surface area contributed by atoms with Crippen LogP contribution in [0.3, 0.4) is 0 Å². The van der Waals surface area contributed by atoms with Gasteiger partial charge in [-0.3, -0.25) is 0 Å². The first-order valence-corrected chi connectivity index (χ1v) is 1.68. The molecule has 0 amide bonds. The Balaban J connectivity index is -0.00000000667. The molecule has 0 bridgehead atoms. The molecule has 0 unspecified atom stereocenters. The Labute approximate surface area is 130 Å². The van der Waals surface area contributed by atoms with Crippen LogP contribution in [0.25, 0.3) is 0 Å². The second-order valence-electron chi connectivity index (χ2n) is 0.0833. The fourth-order valence-electron chi connectivity index (χ4n) is 0. The molecule has 6 heteroatoms. The van der Waals surface area contributed by atoms with Crippen LogP contribution in [0.1, 0.15) is 0 Å². The molecule has 0 atom stereocenters. The van der Waals surface area contributed by atoms with Crippen molar-refractivity contribution < 1.29 is 31.2 Å². The van der Waals surface area contributed by atoms with Crippen LogP contribution in [-0.4, -0.2) is 108 Å². The van der Waals surface area contributed by atoms with E-state index in [2.05, 4.69) is 0 Å². The second-order valence-corrected chi connectivity index (χ2v) is 0.344. The van der Waals surface area contributed by atoms with Gasteiger partial charge in [-0.05, 0) is 0 Å². The van der Waals surface area contributed by atoms with E-state index in [0.29, 0.717) is 0 Å². The SMILES string of the molecule is O.[KH].[KH].[O]=[Ti]=[O]. The second kappa shape index (κ2) is 23.5. The van der Waals surface area contributed by atoms with Crippen molar-refractivity contribution in [2.45, 2.75) is 0 Å². The Morgan fingerprint density at radius 3 is 1.00 bits per heavy atom. The van der Waals surface area contributed by atoms with Crippen LogP contribution in [0.15, 0.2) is 0 Å². The molecule has 0 saturated heterocycles. The summed E-state index contributed by atoms with van der Waals surface area (Å²) in [6.45, 7) is 0. The summed E-state index contributed by atoms with van der Waals surface area (Å²) in [5.41, 5.74) is 0. The molecule has 0 aromatic carbocycles. The molecule has 28 valence electrons. The molecule has 0 radical (unpaired) electrons. The first kappa shape index (κ1) is 22.7. The summed E-state index contributed by atoms with van der Waals surface area (Å²) in [6.07, 6.45) is 0. The van der Waals surface area contributed by atoms with Crippen LogP contribution < -0.4 is 0 Å². The first-order chi connectivity index (χ1) is 1.41. The van der Waals surface area contributed by atoms with Gasteiger partial charge in [-0.2, -0.15) is 0 Å².